The molecule has 21 heavy (non-hydrogen) atoms. The summed E-state index contributed by atoms with van der Waals surface area (Å²) in [5, 5.41) is 8.56. The molecule has 0 bridgehead atoms. The highest BCUT2D eigenvalue weighted by molar-refractivity contribution is 6.08. The molecule has 2 aromatic rings. The van der Waals surface area contributed by atoms with E-state index in [1.807, 2.05) is 42.5 Å². The molecule has 1 aliphatic rings. The molecule has 4 heteroatoms. The molecule has 3 rings (SSSR count). The first kappa shape index (κ1) is 13.2. The number of hydrogen-bond acceptors (Lipinski definition) is 3. The Kier molecular flexibility index (Phi) is 3.57. The number of ether oxygens (including phenoxy) is 1. The van der Waals surface area contributed by atoms with Gasteiger partial charge in [-0.25, -0.2) is 0 Å². The highest BCUT2D eigenvalue weighted by atomic mass is 16.5. The van der Waals surface area contributed by atoms with E-state index in [4.69, 9.17) is 10.00 Å². The third-order valence-corrected chi connectivity index (χ3v) is 3.53. The molecule has 1 aliphatic heterocycles. The number of anilines is 1. The van der Waals surface area contributed by atoms with Crippen molar-refractivity contribution in [1.29, 1.82) is 5.26 Å². The number of rotatable bonds is 3. The van der Waals surface area contributed by atoms with Gasteiger partial charge in [-0.05, 0) is 30.2 Å². The van der Waals surface area contributed by atoms with Crippen molar-refractivity contribution in [3.63, 3.8) is 0 Å². The van der Waals surface area contributed by atoms with Crippen LogP contribution < -0.4 is 9.64 Å². The SMILES string of the molecule is N#CCOc1cccc(N2CCc3ccccc3C2=O)c1. The van der Waals surface area contributed by atoms with E-state index in [-0.39, 0.29) is 12.5 Å². The highest BCUT2D eigenvalue weighted by Gasteiger charge is 2.25. The predicted molar refractivity (Wildman–Crippen MR) is 79.4 cm³/mol. The first-order valence-electron chi connectivity index (χ1n) is 6.79. The summed E-state index contributed by atoms with van der Waals surface area (Å²) >= 11 is 0. The topological polar surface area (TPSA) is 53.3 Å². The van der Waals surface area contributed by atoms with E-state index in [0.29, 0.717) is 12.3 Å². The number of nitrogens with zero attached hydrogens (tertiary/aromatic N) is 2. The summed E-state index contributed by atoms with van der Waals surface area (Å²) in [6.07, 6.45) is 0.838. The monoisotopic (exact) mass is 278 g/mol. The van der Waals surface area contributed by atoms with Crippen molar-refractivity contribution in [3.8, 4) is 11.8 Å². The van der Waals surface area contributed by atoms with Gasteiger partial charge in [-0.1, -0.05) is 24.3 Å². The average Bonchev–Trinajstić information content (AvgIpc) is 2.54. The molecule has 0 radical (unpaired) electrons. The fourth-order valence-electron chi connectivity index (χ4n) is 2.53. The molecule has 0 spiro atoms. The van der Waals surface area contributed by atoms with Crippen LogP contribution in [0.4, 0.5) is 5.69 Å². The van der Waals surface area contributed by atoms with Crippen LogP contribution in [0, 0.1) is 11.3 Å². The Hall–Kier alpha value is -2.80. The van der Waals surface area contributed by atoms with Gasteiger partial charge in [0.1, 0.15) is 11.8 Å². The number of carbonyl (C=O) groups is 1. The molecule has 2 aromatic carbocycles. The lowest BCUT2D eigenvalue weighted by atomic mass is 9.98. The molecule has 0 fully saturated rings. The van der Waals surface area contributed by atoms with Crippen molar-refractivity contribution in [2.24, 2.45) is 0 Å². The number of fused-ring (bicyclic) bond motifs is 1. The maximum absolute atomic E-state index is 12.6. The van der Waals surface area contributed by atoms with Crippen LogP contribution in [-0.4, -0.2) is 19.1 Å². The Bertz CT molecular complexity index is 719. The molecule has 0 saturated carbocycles. The zero-order chi connectivity index (χ0) is 14.7. The van der Waals surface area contributed by atoms with Crippen LogP contribution in [0.15, 0.2) is 48.5 Å². The van der Waals surface area contributed by atoms with Crippen molar-refractivity contribution < 1.29 is 9.53 Å². The lowest BCUT2D eigenvalue weighted by molar-refractivity contribution is 0.0980. The Morgan fingerprint density at radius 1 is 1.19 bits per heavy atom. The second kappa shape index (κ2) is 5.68. The second-order valence-electron chi connectivity index (χ2n) is 4.81. The summed E-state index contributed by atoms with van der Waals surface area (Å²) in [7, 11) is 0. The van der Waals surface area contributed by atoms with Crippen LogP contribution in [-0.2, 0) is 6.42 Å². The van der Waals surface area contributed by atoms with Crippen molar-refractivity contribution in [1.82, 2.24) is 0 Å². The fourth-order valence-corrected chi connectivity index (χ4v) is 2.53. The van der Waals surface area contributed by atoms with Gasteiger partial charge in [0.05, 0.1) is 0 Å². The lowest BCUT2D eigenvalue weighted by Gasteiger charge is -2.28. The van der Waals surface area contributed by atoms with Crippen molar-refractivity contribution >= 4 is 11.6 Å². The molecular formula is C17H14N2O2. The Morgan fingerprint density at radius 2 is 2.05 bits per heavy atom. The average molecular weight is 278 g/mol. The minimum absolute atomic E-state index is 0.000231. The van der Waals surface area contributed by atoms with Gasteiger partial charge in [0.2, 0.25) is 0 Å². The van der Waals surface area contributed by atoms with E-state index in [2.05, 4.69) is 0 Å². The maximum atomic E-state index is 12.6. The second-order valence-corrected chi connectivity index (χ2v) is 4.81. The van der Waals surface area contributed by atoms with Crippen LogP contribution in [0.3, 0.4) is 0 Å². The predicted octanol–water partition coefficient (Wildman–Crippen LogP) is 2.79. The first-order valence-corrected chi connectivity index (χ1v) is 6.79. The van der Waals surface area contributed by atoms with Crippen LogP contribution in [0.1, 0.15) is 15.9 Å². The number of carbonyl (C=O) groups excluding carboxylic acids is 1. The molecule has 1 heterocycles. The summed E-state index contributed by atoms with van der Waals surface area (Å²) in [4.78, 5) is 14.3. The zero-order valence-corrected chi connectivity index (χ0v) is 11.5. The van der Waals surface area contributed by atoms with Gasteiger partial charge < -0.3 is 9.64 Å². The van der Waals surface area contributed by atoms with Gasteiger partial charge in [-0.15, -0.1) is 0 Å². The van der Waals surface area contributed by atoms with Crippen LogP contribution in [0.2, 0.25) is 0 Å². The third kappa shape index (κ3) is 2.59. The minimum Gasteiger partial charge on any atom is -0.479 e. The molecule has 0 atom stereocenters. The summed E-state index contributed by atoms with van der Waals surface area (Å²) < 4.78 is 5.29. The number of nitriles is 1. The van der Waals surface area contributed by atoms with Gasteiger partial charge in [0, 0.05) is 23.9 Å². The van der Waals surface area contributed by atoms with Gasteiger partial charge in [-0.3, -0.25) is 4.79 Å². The van der Waals surface area contributed by atoms with Crippen molar-refractivity contribution in [2.45, 2.75) is 6.42 Å². The minimum atomic E-state index is 0.000231. The largest absolute Gasteiger partial charge is 0.479 e. The fraction of sp³-hybridized carbons (Fsp3) is 0.176. The molecule has 0 unspecified atom stereocenters. The molecule has 4 nitrogen and oxygen atoms in total. The van der Waals surface area contributed by atoms with E-state index in [1.54, 1.807) is 17.0 Å². The van der Waals surface area contributed by atoms with Gasteiger partial charge in [0.15, 0.2) is 6.61 Å². The van der Waals surface area contributed by atoms with Crippen molar-refractivity contribution in [2.75, 3.05) is 18.1 Å². The van der Waals surface area contributed by atoms with E-state index in [1.165, 1.54) is 0 Å². The number of benzene rings is 2. The quantitative estimate of drug-likeness (QED) is 0.867. The van der Waals surface area contributed by atoms with E-state index < -0.39 is 0 Å². The van der Waals surface area contributed by atoms with Crippen LogP contribution in [0.5, 0.6) is 5.75 Å². The third-order valence-electron chi connectivity index (χ3n) is 3.53. The summed E-state index contributed by atoms with van der Waals surface area (Å²) in [6.45, 7) is 0.651. The highest BCUT2D eigenvalue weighted by Crippen LogP contribution is 2.27. The van der Waals surface area contributed by atoms with Gasteiger partial charge in [0.25, 0.3) is 5.91 Å². The number of hydrogen-bond donors (Lipinski definition) is 0. The molecule has 0 N–H and O–H groups in total. The van der Waals surface area contributed by atoms with Gasteiger partial charge >= 0.3 is 0 Å². The standard InChI is InChI=1S/C17H14N2O2/c18-9-11-21-15-6-3-5-14(12-15)19-10-8-13-4-1-2-7-16(13)17(19)20/h1-7,12H,8,10-11H2. The normalized spacial score (nSPS) is 13.5. The molecule has 1 amide bonds. The zero-order valence-electron chi connectivity index (χ0n) is 11.5. The van der Waals surface area contributed by atoms with E-state index in [0.717, 1.165) is 23.2 Å². The lowest BCUT2D eigenvalue weighted by Crippen LogP contribution is -2.37. The molecule has 0 aliphatic carbocycles. The molecule has 0 saturated heterocycles. The van der Waals surface area contributed by atoms with Crippen molar-refractivity contribution in [3.05, 3.63) is 59.7 Å². The molecular weight excluding hydrogens is 264 g/mol. The smallest absolute Gasteiger partial charge is 0.258 e. The van der Waals surface area contributed by atoms with Crippen LogP contribution in [0.25, 0.3) is 0 Å². The van der Waals surface area contributed by atoms with Crippen LogP contribution >= 0.6 is 0 Å². The van der Waals surface area contributed by atoms with E-state index >= 15 is 0 Å². The van der Waals surface area contributed by atoms with Gasteiger partial charge in [-0.2, -0.15) is 5.26 Å². The Labute approximate surface area is 123 Å². The molecule has 104 valence electrons. The Morgan fingerprint density at radius 3 is 2.90 bits per heavy atom. The summed E-state index contributed by atoms with van der Waals surface area (Å²) in [5.74, 6) is 0.606. The maximum Gasteiger partial charge on any atom is 0.258 e. The molecule has 0 aromatic heterocycles. The summed E-state index contributed by atoms with van der Waals surface area (Å²) in [6, 6.07) is 16.9. The number of amides is 1. The first-order chi connectivity index (χ1) is 10.3. The summed E-state index contributed by atoms with van der Waals surface area (Å²) in [5.41, 5.74) is 2.65. The Balaban J connectivity index is 1.89. The van der Waals surface area contributed by atoms with E-state index in [9.17, 15) is 4.79 Å².